The van der Waals surface area contributed by atoms with E-state index >= 15 is 0 Å². The van der Waals surface area contributed by atoms with E-state index < -0.39 is 25.0 Å². The third-order valence-corrected chi connectivity index (χ3v) is 3.11. The first-order chi connectivity index (χ1) is 6.59. The fraction of sp³-hybridized carbons (Fsp3) is 0.500. The monoisotopic (exact) mass is 254 g/mol. The molecule has 15 heavy (non-hydrogen) atoms. The first-order valence-electron chi connectivity index (χ1n) is 3.77. The summed E-state index contributed by atoms with van der Waals surface area (Å²) in [7, 11) is -6.23. The first-order valence-corrected chi connectivity index (χ1v) is 7.27. The van der Waals surface area contributed by atoms with E-state index in [1.807, 2.05) is 0 Å². The van der Waals surface area contributed by atoms with Gasteiger partial charge in [0.15, 0.2) is 9.84 Å². The summed E-state index contributed by atoms with van der Waals surface area (Å²) in [5, 5.41) is -0.552. The van der Waals surface area contributed by atoms with E-state index in [-0.39, 0.29) is 11.6 Å². The molecule has 0 bridgehead atoms. The van der Waals surface area contributed by atoms with E-state index in [0.29, 0.717) is 0 Å². The van der Waals surface area contributed by atoms with Gasteiger partial charge in [-0.05, 0) is 0 Å². The van der Waals surface area contributed by atoms with Crippen LogP contribution in [0.25, 0.3) is 0 Å². The minimum Gasteiger partial charge on any atom is -0.336 e. The number of hydrogen-bond acceptors (Lipinski definition) is 5. The van der Waals surface area contributed by atoms with Gasteiger partial charge >= 0.3 is 10.1 Å². The van der Waals surface area contributed by atoms with Crippen LogP contribution in [-0.2, 0) is 32.8 Å². The summed E-state index contributed by atoms with van der Waals surface area (Å²) in [6.07, 6.45) is 2.06. The minimum atomic E-state index is -4.39. The third-order valence-electron chi connectivity index (χ3n) is 1.61. The standard InChI is InChI=1S/C6H10N2O5S2/c1-8-3-6(15(11,12)13)7-5(8)4-14(2,9)10/h3H,4H2,1-2H3,(H,11,12,13). The summed E-state index contributed by atoms with van der Waals surface area (Å²) in [6, 6.07) is 0. The molecule has 9 heteroatoms. The van der Waals surface area contributed by atoms with Gasteiger partial charge in [-0.2, -0.15) is 8.42 Å². The zero-order valence-corrected chi connectivity index (χ0v) is 9.71. The Bertz CT molecular complexity index is 569. The predicted octanol–water partition coefficient (Wildman–Crippen LogP) is -0.789. The number of nitrogens with zero attached hydrogens (tertiary/aromatic N) is 2. The zero-order valence-electron chi connectivity index (χ0n) is 8.08. The molecule has 1 aromatic heterocycles. The van der Waals surface area contributed by atoms with Crippen molar-refractivity contribution in [1.82, 2.24) is 9.55 Å². The lowest BCUT2D eigenvalue weighted by Crippen LogP contribution is -2.06. The van der Waals surface area contributed by atoms with Crippen LogP contribution in [0.1, 0.15) is 5.82 Å². The molecule has 1 N–H and O–H groups in total. The Morgan fingerprint density at radius 2 is 1.93 bits per heavy atom. The maximum absolute atomic E-state index is 10.9. The van der Waals surface area contributed by atoms with Crippen molar-refractivity contribution < 1.29 is 21.4 Å². The van der Waals surface area contributed by atoms with Gasteiger partial charge in [-0.3, -0.25) is 4.55 Å². The average Bonchev–Trinajstić information content (AvgIpc) is 2.27. The minimum absolute atomic E-state index is 0.0603. The number of rotatable bonds is 3. The lowest BCUT2D eigenvalue weighted by Gasteiger charge is -1.97. The Labute approximate surface area is 87.4 Å². The summed E-state index contributed by atoms with van der Waals surface area (Å²) in [5.41, 5.74) is 0. The Morgan fingerprint density at radius 1 is 1.40 bits per heavy atom. The van der Waals surface area contributed by atoms with Crippen molar-refractivity contribution in [2.24, 2.45) is 7.05 Å². The van der Waals surface area contributed by atoms with Crippen LogP contribution in [-0.4, -0.2) is 37.2 Å². The first kappa shape index (κ1) is 12.1. The van der Waals surface area contributed by atoms with Gasteiger partial charge in [0.1, 0.15) is 11.6 Å². The van der Waals surface area contributed by atoms with Gasteiger partial charge < -0.3 is 4.57 Å². The maximum Gasteiger partial charge on any atom is 0.313 e. The van der Waals surface area contributed by atoms with Crippen LogP contribution in [0.2, 0.25) is 0 Å². The fourth-order valence-electron chi connectivity index (χ4n) is 0.968. The average molecular weight is 254 g/mol. The summed E-state index contributed by atoms with van der Waals surface area (Å²) in [5.74, 6) is -0.316. The molecular weight excluding hydrogens is 244 g/mol. The second kappa shape index (κ2) is 3.58. The molecular formula is C6H10N2O5S2. The number of sulfone groups is 1. The van der Waals surface area contributed by atoms with Crippen LogP contribution in [0, 0.1) is 0 Å². The Hall–Kier alpha value is -0.930. The number of hydrogen-bond donors (Lipinski definition) is 1. The van der Waals surface area contributed by atoms with Crippen LogP contribution in [0.5, 0.6) is 0 Å². The molecule has 0 fully saturated rings. The smallest absolute Gasteiger partial charge is 0.313 e. The van der Waals surface area contributed by atoms with Crippen molar-refractivity contribution >= 4 is 20.0 Å². The van der Waals surface area contributed by atoms with Crippen LogP contribution in [0.3, 0.4) is 0 Å². The molecule has 1 rings (SSSR count). The summed E-state index contributed by atoms with van der Waals surface area (Å²) in [6.45, 7) is 0. The van der Waals surface area contributed by atoms with Gasteiger partial charge in [0.2, 0.25) is 5.03 Å². The van der Waals surface area contributed by atoms with E-state index in [9.17, 15) is 16.8 Å². The van der Waals surface area contributed by atoms with Gasteiger partial charge in [0, 0.05) is 19.5 Å². The van der Waals surface area contributed by atoms with Gasteiger partial charge in [0.25, 0.3) is 0 Å². The van der Waals surface area contributed by atoms with Crippen molar-refractivity contribution in [3.63, 3.8) is 0 Å². The number of aromatic nitrogens is 2. The Balaban J connectivity index is 3.19. The van der Waals surface area contributed by atoms with E-state index in [0.717, 1.165) is 12.5 Å². The topological polar surface area (TPSA) is 106 Å². The van der Waals surface area contributed by atoms with E-state index in [1.165, 1.54) is 11.6 Å². The van der Waals surface area contributed by atoms with E-state index in [1.54, 1.807) is 0 Å². The molecule has 1 heterocycles. The fourth-order valence-corrected chi connectivity index (χ4v) is 2.22. The van der Waals surface area contributed by atoms with Crippen molar-refractivity contribution in [2.75, 3.05) is 6.26 Å². The Kier molecular flexibility index (Phi) is 2.90. The van der Waals surface area contributed by atoms with Gasteiger partial charge in [-0.25, -0.2) is 13.4 Å². The van der Waals surface area contributed by atoms with E-state index in [2.05, 4.69) is 4.98 Å². The van der Waals surface area contributed by atoms with Crippen molar-refractivity contribution in [3.8, 4) is 0 Å². The van der Waals surface area contributed by atoms with Crippen molar-refractivity contribution in [2.45, 2.75) is 10.8 Å². The van der Waals surface area contributed by atoms with Crippen LogP contribution in [0.15, 0.2) is 11.2 Å². The molecule has 0 aromatic carbocycles. The molecule has 0 unspecified atom stereocenters. The molecule has 86 valence electrons. The quantitative estimate of drug-likeness (QED) is 0.708. The number of imidazole rings is 1. The van der Waals surface area contributed by atoms with Crippen molar-refractivity contribution in [1.29, 1.82) is 0 Å². The van der Waals surface area contributed by atoms with Gasteiger partial charge in [0.05, 0.1) is 0 Å². The normalized spacial score (nSPS) is 13.0. The summed E-state index contributed by atoms with van der Waals surface area (Å²) >= 11 is 0. The molecule has 0 aliphatic heterocycles. The highest BCUT2D eigenvalue weighted by atomic mass is 32.2. The highest BCUT2D eigenvalue weighted by molar-refractivity contribution is 7.89. The molecule has 7 nitrogen and oxygen atoms in total. The van der Waals surface area contributed by atoms with Gasteiger partial charge in [-0.1, -0.05) is 0 Å². The Morgan fingerprint density at radius 3 is 2.27 bits per heavy atom. The van der Waals surface area contributed by atoms with Crippen LogP contribution >= 0.6 is 0 Å². The summed E-state index contributed by atoms with van der Waals surface area (Å²) in [4.78, 5) is 3.51. The SMILES string of the molecule is Cn1cc(S(=O)(=O)O)nc1CS(C)(=O)=O. The van der Waals surface area contributed by atoms with Crippen LogP contribution < -0.4 is 0 Å². The second-order valence-electron chi connectivity index (χ2n) is 3.15. The number of aryl methyl sites for hydroxylation is 1. The molecule has 0 spiro atoms. The lowest BCUT2D eigenvalue weighted by atomic mass is 10.7. The lowest BCUT2D eigenvalue weighted by molar-refractivity contribution is 0.479. The molecule has 0 amide bonds. The molecule has 0 saturated carbocycles. The molecule has 0 radical (unpaired) electrons. The molecule has 0 aliphatic rings. The third kappa shape index (κ3) is 3.29. The maximum atomic E-state index is 10.9. The largest absolute Gasteiger partial charge is 0.336 e. The highest BCUT2D eigenvalue weighted by Gasteiger charge is 2.18. The predicted molar refractivity (Wildman–Crippen MR) is 51.6 cm³/mol. The van der Waals surface area contributed by atoms with Gasteiger partial charge in [-0.15, -0.1) is 0 Å². The van der Waals surface area contributed by atoms with E-state index in [4.69, 9.17) is 4.55 Å². The molecule has 1 aromatic rings. The molecule has 0 aliphatic carbocycles. The van der Waals surface area contributed by atoms with Crippen molar-refractivity contribution in [3.05, 3.63) is 12.0 Å². The molecule has 0 atom stereocenters. The second-order valence-corrected chi connectivity index (χ2v) is 6.66. The summed E-state index contributed by atoms with van der Waals surface area (Å²) < 4.78 is 53.2. The van der Waals surface area contributed by atoms with Crippen LogP contribution in [0.4, 0.5) is 0 Å². The highest BCUT2D eigenvalue weighted by Crippen LogP contribution is 2.09. The molecule has 0 saturated heterocycles. The zero-order chi connectivity index (χ0) is 11.9.